The van der Waals surface area contributed by atoms with Crippen molar-refractivity contribution in [2.24, 2.45) is 29.1 Å². The molecule has 0 saturated heterocycles. The molecule has 0 amide bonds. The lowest BCUT2D eigenvalue weighted by molar-refractivity contribution is -0.119. The molecule has 2 bridgehead atoms. The monoisotopic (exact) mass is 656 g/mol. The number of fused-ring (bicyclic) bond motifs is 2. The first kappa shape index (κ1) is 42.5. The molecule has 0 N–H and O–H groups in total. The summed E-state index contributed by atoms with van der Waals surface area (Å²) in [7, 11) is 0. The van der Waals surface area contributed by atoms with Crippen LogP contribution in [0.5, 0.6) is 0 Å². The Morgan fingerprint density at radius 3 is 1.72 bits per heavy atom. The van der Waals surface area contributed by atoms with E-state index in [2.05, 4.69) is 46.1 Å². The van der Waals surface area contributed by atoms with Gasteiger partial charge in [0.1, 0.15) is 5.78 Å². The fourth-order valence-electron chi connectivity index (χ4n) is 9.80. The number of rotatable bonds is 31. The van der Waals surface area contributed by atoms with Crippen molar-refractivity contribution in [2.45, 2.75) is 221 Å². The van der Waals surface area contributed by atoms with Crippen LogP contribution in [-0.2, 0) is 4.79 Å². The predicted molar refractivity (Wildman–Crippen MR) is 209 cm³/mol. The molecule has 3 unspecified atom stereocenters. The zero-order valence-corrected chi connectivity index (χ0v) is 33.0. The molecular formula is C45H85NO. The van der Waals surface area contributed by atoms with Crippen LogP contribution < -0.4 is 0 Å². The summed E-state index contributed by atoms with van der Waals surface area (Å²) in [6.45, 7) is 20.4. The summed E-state index contributed by atoms with van der Waals surface area (Å²) in [4.78, 5) is 15.1. The lowest BCUT2D eigenvalue weighted by Crippen LogP contribution is -2.36. The highest BCUT2D eigenvalue weighted by Crippen LogP contribution is 2.52. The van der Waals surface area contributed by atoms with Gasteiger partial charge in [-0.25, -0.2) is 0 Å². The molecule has 0 aromatic carbocycles. The lowest BCUT2D eigenvalue weighted by atomic mass is 9.58. The molecule has 0 radical (unpaired) electrons. The van der Waals surface area contributed by atoms with Crippen LogP contribution in [0, 0.1) is 29.1 Å². The van der Waals surface area contributed by atoms with E-state index in [1.807, 2.05) is 0 Å². The molecule has 2 aliphatic rings. The number of hydrogen-bond donors (Lipinski definition) is 0. The minimum Gasteiger partial charge on any atom is -0.303 e. The van der Waals surface area contributed by atoms with Gasteiger partial charge in [-0.2, -0.15) is 0 Å². The topological polar surface area (TPSA) is 20.3 Å². The molecule has 276 valence electrons. The van der Waals surface area contributed by atoms with Crippen molar-refractivity contribution in [3.8, 4) is 0 Å². The first-order valence-corrected chi connectivity index (χ1v) is 21.7. The molecule has 0 spiro atoms. The molecule has 0 aliphatic heterocycles. The van der Waals surface area contributed by atoms with Gasteiger partial charge in [-0.15, -0.1) is 0 Å². The molecule has 2 saturated carbocycles. The molecule has 2 heteroatoms. The zero-order chi connectivity index (χ0) is 34.2. The Morgan fingerprint density at radius 1 is 0.660 bits per heavy atom. The van der Waals surface area contributed by atoms with E-state index in [9.17, 15) is 4.79 Å². The van der Waals surface area contributed by atoms with E-state index in [1.54, 1.807) is 5.57 Å². The van der Waals surface area contributed by atoms with Crippen molar-refractivity contribution in [3.63, 3.8) is 0 Å². The summed E-state index contributed by atoms with van der Waals surface area (Å²) in [6.07, 6.45) is 38.0. The van der Waals surface area contributed by atoms with E-state index >= 15 is 0 Å². The van der Waals surface area contributed by atoms with Gasteiger partial charge in [0.15, 0.2) is 0 Å². The molecule has 2 fully saturated rings. The average molecular weight is 656 g/mol. The number of ketones is 1. The van der Waals surface area contributed by atoms with Crippen LogP contribution in [0.15, 0.2) is 12.2 Å². The zero-order valence-electron chi connectivity index (χ0n) is 33.0. The maximum atomic E-state index is 12.3. The number of unbranched alkanes of at least 4 members (excludes halogenated alkanes) is 12. The van der Waals surface area contributed by atoms with Crippen molar-refractivity contribution >= 4 is 5.78 Å². The first-order chi connectivity index (χ1) is 22.8. The molecule has 0 heterocycles. The fourth-order valence-corrected chi connectivity index (χ4v) is 9.80. The number of nitrogens with zero attached hydrogens (tertiary/aromatic N) is 1. The number of allylic oxidation sites excluding steroid dienone is 1. The molecule has 2 rings (SSSR count). The van der Waals surface area contributed by atoms with Crippen molar-refractivity contribution in [1.29, 1.82) is 0 Å². The molecule has 0 aromatic rings. The minimum atomic E-state index is 0.516. The maximum absolute atomic E-state index is 12.3. The van der Waals surface area contributed by atoms with E-state index in [0.29, 0.717) is 11.2 Å². The maximum Gasteiger partial charge on any atom is 0.132 e. The quantitative estimate of drug-likeness (QED) is 0.0547. The molecule has 3 atom stereocenters. The Morgan fingerprint density at radius 2 is 1.15 bits per heavy atom. The number of Topliss-reactive ketones (excluding diaryl/α,β-unsaturated/α-hetero) is 1. The molecule has 47 heavy (non-hydrogen) atoms. The standard InChI is InChI=1S/C45H85NO/c1-7-10-26-41(9-3)27-24-29-44(47)28-21-17-15-19-23-32-46(30-11-8-2)31-22-18-14-12-13-16-20-25-39(4)36-45(6)37-42-33-40(5)34-43(35-42)38-45/h40-43H,4,7-38H2,1-3,5-6H3. The number of carbonyl (C=O) groups excluding carboxylic acids is 1. The Kier molecular flexibility index (Phi) is 23.7. The molecule has 0 aromatic heterocycles. The van der Waals surface area contributed by atoms with Crippen LogP contribution in [0.25, 0.3) is 0 Å². The van der Waals surface area contributed by atoms with E-state index in [4.69, 9.17) is 0 Å². The third-order valence-electron chi connectivity index (χ3n) is 12.3. The Balaban J connectivity index is 1.42. The third kappa shape index (κ3) is 20.6. The van der Waals surface area contributed by atoms with Crippen LogP contribution in [0.3, 0.4) is 0 Å². The third-order valence-corrected chi connectivity index (χ3v) is 12.3. The van der Waals surface area contributed by atoms with Crippen LogP contribution in [0.2, 0.25) is 0 Å². The van der Waals surface area contributed by atoms with Crippen molar-refractivity contribution in [1.82, 2.24) is 4.90 Å². The molecule has 2 aliphatic carbocycles. The summed E-state index contributed by atoms with van der Waals surface area (Å²) in [5.41, 5.74) is 2.09. The van der Waals surface area contributed by atoms with Crippen LogP contribution in [-0.4, -0.2) is 30.3 Å². The van der Waals surface area contributed by atoms with E-state index < -0.39 is 0 Å². The van der Waals surface area contributed by atoms with Gasteiger partial charge in [-0.1, -0.05) is 137 Å². The average Bonchev–Trinajstić information content (AvgIpc) is 3.02. The van der Waals surface area contributed by atoms with Gasteiger partial charge >= 0.3 is 0 Å². The Bertz CT molecular complexity index is 769. The van der Waals surface area contributed by atoms with Gasteiger partial charge in [0.25, 0.3) is 0 Å². The van der Waals surface area contributed by atoms with E-state index in [-0.39, 0.29) is 0 Å². The second-order valence-corrected chi connectivity index (χ2v) is 17.5. The van der Waals surface area contributed by atoms with E-state index in [1.165, 1.54) is 180 Å². The second-order valence-electron chi connectivity index (χ2n) is 17.5. The van der Waals surface area contributed by atoms with Gasteiger partial charge < -0.3 is 4.90 Å². The van der Waals surface area contributed by atoms with Crippen LogP contribution in [0.4, 0.5) is 0 Å². The molecule has 2 nitrogen and oxygen atoms in total. The van der Waals surface area contributed by atoms with Crippen molar-refractivity contribution in [2.75, 3.05) is 19.6 Å². The Labute approximate surface area is 296 Å². The summed E-state index contributed by atoms with van der Waals surface area (Å²) >= 11 is 0. The summed E-state index contributed by atoms with van der Waals surface area (Å²) in [5.74, 6) is 4.33. The Hall–Kier alpha value is -0.630. The van der Waals surface area contributed by atoms with Gasteiger partial charge in [0.05, 0.1) is 0 Å². The van der Waals surface area contributed by atoms with Gasteiger partial charge in [0, 0.05) is 12.8 Å². The highest BCUT2D eigenvalue weighted by atomic mass is 16.1. The van der Waals surface area contributed by atoms with E-state index in [0.717, 1.165) is 49.4 Å². The normalized spacial score (nSPS) is 23.3. The predicted octanol–water partition coefficient (Wildman–Crippen LogP) is 14.3. The molecular weight excluding hydrogens is 571 g/mol. The SMILES string of the molecule is C=C(CCCCCCCCCN(CCCC)CCCCCCCC(=O)CCCC(CC)CCCC)CC1(C)CC2CC(C)CC(C2)C1. The first-order valence-electron chi connectivity index (χ1n) is 21.7. The number of carbonyl (C=O) groups is 1. The van der Waals surface area contributed by atoms with Crippen LogP contribution >= 0.6 is 0 Å². The largest absolute Gasteiger partial charge is 0.303 e. The van der Waals surface area contributed by atoms with Gasteiger partial charge in [-0.05, 0) is 132 Å². The minimum absolute atomic E-state index is 0.516. The fraction of sp³-hybridized carbons (Fsp3) is 0.933. The smallest absolute Gasteiger partial charge is 0.132 e. The summed E-state index contributed by atoms with van der Waals surface area (Å²) in [6, 6.07) is 0. The second kappa shape index (κ2) is 26.2. The lowest BCUT2D eigenvalue weighted by Gasteiger charge is -2.47. The highest BCUT2D eigenvalue weighted by molar-refractivity contribution is 5.78. The highest BCUT2D eigenvalue weighted by Gasteiger charge is 2.40. The van der Waals surface area contributed by atoms with Crippen LogP contribution in [0.1, 0.15) is 221 Å². The van der Waals surface area contributed by atoms with Gasteiger partial charge in [0.2, 0.25) is 0 Å². The summed E-state index contributed by atoms with van der Waals surface area (Å²) in [5, 5.41) is 0. The summed E-state index contributed by atoms with van der Waals surface area (Å²) < 4.78 is 0. The van der Waals surface area contributed by atoms with Crippen molar-refractivity contribution < 1.29 is 4.79 Å². The number of hydrogen-bond acceptors (Lipinski definition) is 2. The van der Waals surface area contributed by atoms with Gasteiger partial charge in [-0.3, -0.25) is 4.79 Å². The van der Waals surface area contributed by atoms with Crippen molar-refractivity contribution in [3.05, 3.63) is 12.2 Å².